The van der Waals surface area contributed by atoms with Crippen LogP contribution in [0.25, 0.3) is 0 Å². The highest BCUT2D eigenvalue weighted by molar-refractivity contribution is 7.44. The number of benzene rings is 1. The van der Waals surface area contributed by atoms with E-state index >= 15 is 0 Å². The molecular formula is C18H28N5O5P. The number of amides is 1. The molecule has 0 fully saturated rings. The fourth-order valence-electron chi connectivity index (χ4n) is 2.22. The van der Waals surface area contributed by atoms with Crippen LogP contribution in [0.3, 0.4) is 0 Å². The van der Waals surface area contributed by atoms with E-state index in [4.69, 9.17) is 25.0 Å². The Hall–Kier alpha value is -2.52. The highest BCUT2D eigenvalue weighted by atomic mass is 31.2. The molecule has 2 rings (SSSR count). The zero-order valence-corrected chi connectivity index (χ0v) is 17.6. The Morgan fingerprint density at radius 1 is 1.17 bits per heavy atom. The van der Waals surface area contributed by atoms with Crippen LogP contribution in [0.5, 0.6) is 6.01 Å². The molecule has 0 radical (unpaired) electrons. The summed E-state index contributed by atoms with van der Waals surface area (Å²) in [7, 11) is -0.451. The van der Waals surface area contributed by atoms with E-state index < -0.39 is 8.38 Å². The maximum absolute atomic E-state index is 10.8. The molecular weight excluding hydrogens is 397 g/mol. The van der Waals surface area contributed by atoms with Gasteiger partial charge >= 0.3 is 6.01 Å². The van der Waals surface area contributed by atoms with Gasteiger partial charge < -0.3 is 35.6 Å². The molecule has 0 bridgehead atoms. The van der Waals surface area contributed by atoms with Crippen molar-refractivity contribution in [3.8, 4) is 6.01 Å². The van der Waals surface area contributed by atoms with E-state index in [1.165, 1.54) is 0 Å². The summed E-state index contributed by atoms with van der Waals surface area (Å²) in [6, 6.07) is 7.43. The Morgan fingerprint density at radius 3 is 2.52 bits per heavy atom. The van der Waals surface area contributed by atoms with Gasteiger partial charge in [0.25, 0.3) is 0 Å². The minimum Gasteiger partial charge on any atom is -0.461 e. The predicted octanol–water partition coefficient (Wildman–Crippen LogP) is 2.09. The Morgan fingerprint density at radius 2 is 1.86 bits per heavy atom. The molecule has 10 nitrogen and oxygen atoms in total. The molecule has 6 N–H and O–H groups in total. The molecule has 0 aliphatic carbocycles. The summed E-state index contributed by atoms with van der Waals surface area (Å²) >= 11 is 0. The molecule has 11 heteroatoms. The lowest BCUT2D eigenvalue weighted by atomic mass is 10.1. The van der Waals surface area contributed by atoms with Crippen LogP contribution in [0.2, 0.25) is 0 Å². The summed E-state index contributed by atoms with van der Waals surface area (Å²) in [6.07, 6.45) is 0.663. The molecule has 0 saturated heterocycles. The molecule has 0 unspecified atom stereocenters. The average molecular weight is 425 g/mol. The quantitative estimate of drug-likeness (QED) is 0.207. The van der Waals surface area contributed by atoms with Crippen molar-refractivity contribution in [2.24, 2.45) is 0 Å². The minimum absolute atomic E-state index is 0.0491. The van der Waals surface area contributed by atoms with E-state index in [-0.39, 0.29) is 30.3 Å². The summed E-state index contributed by atoms with van der Waals surface area (Å²) in [4.78, 5) is 37.3. The minimum atomic E-state index is -2.00. The summed E-state index contributed by atoms with van der Waals surface area (Å²) in [5.74, 6) is 0.439. The van der Waals surface area contributed by atoms with Crippen molar-refractivity contribution in [3.05, 3.63) is 35.4 Å². The van der Waals surface area contributed by atoms with Crippen LogP contribution >= 0.6 is 8.38 Å². The number of aromatic nitrogens is 2. The second kappa shape index (κ2) is 13.6. The molecule has 1 aromatic carbocycles. The van der Waals surface area contributed by atoms with Crippen molar-refractivity contribution in [1.82, 2.24) is 9.97 Å². The molecule has 2 aromatic rings. The van der Waals surface area contributed by atoms with E-state index in [1.807, 2.05) is 38.1 Å². The van der Waals surface area contributed by atoms with Crippen molar-refractivity contribution < 1.29 is 24.1 Å². The summed E-state index contributed by atoms with van der Waals surface area (Å²) in [5, 5.41) is 5.49. The molecule has 1 aromatic heterocycles. The van der Waals surface area contributed by atoms with Gasteiger partial charge in [0, 0.05) is 19.8 Å². The number of rotatable bonds is 11. The van der Waals surface area contributed by atoms with Crippen LogP contribution in [0.4, 0.5) is 17.3 Å². The number of nitrogens with zero attached hydrogens (tertiary/aromatic N) is 2. The van der Waals surface area contributed by atoms with Crippen LogP contribution in [0.15, 0.2) is 24.3 Å². The van der Waals surface area contributed by atoms with Crippen LogP contribution in [-0.4, -0.2) is 46.5 Å². The molecule has 1 heterocycles. The highest BCUT2D eigenvalue weighted by Gasteiger charge is 2.13. The maximum Gasteiger partial charge on any atom is 0.320 e. The number of methoxy groups -OCH3 is 1. The lowest BCUT2D eigenvalue weighted by Crippen LogP contribution is -2.13. The Balaban J connectivity index is 0.00000204. The largest absolute Gasteiger partial charge is 0.461 e. The Labute approximate surface area is 171 Å². The molecule has 0 spiro atoms. The Bertz CT molecular complexity index is 763. The third-order valence-electron chi connectivity index (χ3n) is 3.41. The smallest absolute Gasteiger partial charge is 0.320 e. The first-order chi connectivity index (χ1) is 14.0. The molecule has 29 heavy (non-hydrogen) atoms. The first-order valence-corrected chi connectivity index (χ1v) is 10.4. The number of hydrogen-bond donors (Lipinski definition) is 5. The summed E-state index contributed by atoms with van der Waals surface area (Å²) in [6.45, 7) is 4.98. The lowest BCUT2D eigenvalue weighted by Gasteiger charge is -2.14. The first kappa shape index (κ1) is 24.5. The van der Waals surface area contributed by atoms with Gasteiger partial charge in [0.2, 0.25) is 6.41 Å². The van der Waals surface area contributed by atoms with Crippen molar-refractivity contribution in [2.75, 3.05) is 36.7 Å². The third-order valence-corrected chi connectivity index (χ3v) is 4.06. The van der Waals surface area contributed by atoms with Crippen LogP contribution in [0.1, 0.15) is 25.0 Å². The lowest BCUT2D eigenvalue weighted by molar-refractivity contribution is -0.105. The summed E-state index contributed by atoms with van der Waals surface area (Å²) in [5.41, 5.74) is 7.88. The number of hydrogen-bond acceptors (Lipinski definition) is 9. The summed E-state index contributed by atoms with van der Waals surface area (Å²) < 4.78 is 10.3. The highest BCUT2D eigenvalue weighted by Crippen LogP contribution is 2.30. The van der Waals surface area contributed by atoms with Gasteiger partial charge in [-0.25, -0.2) is 0 Å². The van der Waals surface area contributed by atoms with Gasteiger partial charge in [0.05, 0.1) is 6.61 Å². The van der Waals surface area contributed by atoms with Gasteiger partial charge in [-0.1, -0.05) is 38.1 Å². The maximum atomic E-state index is 10.8. The molecule has 0 saturated carbocycles. The van der Waals surface area contributed by atoms with Gasteiger partial charge in [-0.15, -0.1) is 0 Å². The standard InChI is InChI=1S/C16H22N5O5P.C2H6/c1-25-5-6-26-16-20-14(13(17)15(21-16)19-10-22)18-8-11-3-2-4-12(7-11)9-27(23)24;1-2/h2-4,7,10,23-24H,5-6,8-9,17H2,1H3,(H2,18,19,20,21,22);1-2H3. The van der Waals surface area contributed by atoms with Gasteiger partial charge in [-0.05, 0) is 11.1 Å². The third kappa shape index (κ3) is 8.57. The first-order valence-electron chi connectivity index (χ1n) is 9.00. The van der Waals surface area contributed by atoms with Gasteiger partial charge in [-0.2, -0.15) is 9.97 Å². The van der Waals surface area contributed by atoms with Crippen molar-refractivity contribution in [2.45, 2.75) is 26.6 Å². The van der Waals surface area contributed by atoms with Gasteiger partial charge in [-0.3, -0.25) is 4.79 Å². The van der Waals surface area contributed by atoms with Crippen molar-refractivity contribution >= 4 is 32.1 Å². The van der Waals surface area contributed by atoms with Crippen molar-refractivity contribution in [3.63, 3.8) is 0 Å². The molecule has 0 aliphatic heterocycles. The fourth-order valence-corrected chi connectivity index (χ4v) is 2.74. The number of nitrogen functional groups attached to an aromatic ring is 1. The monoisotopic (exact) mass is 425 g/mol. The molecule has 1 amide bonds. The number of nitrogens with two attached hydrogens (primary N) is 1. The van der Waals surface area contributed by atoms with E-state index in [0.29, 0.717) is 25.4 Å². The predicted molar refractivity (Wildman–Crippen MR) is 114 cm³/mol. The zero-order chi connectivity index (χ0) is 21.6. The van der Waals surface area contributed by atoms with Gasteiger partial charge in [0.1, 0.15) is 12.3 Å². The normalized spacial score (nSPS) is 10.1. The molecule has 0 atom stereocenters. The fraction of sp³-hybridized carbons (Fsp3) is 0.389. The van der Waals surface area contributed by atoms with E-state index in [9.17, 15) is 4.79 Å². The second-order valence-electron chi connectivity index (χ2n) is 5.42. The number of nitrogens with one attached hydrogen (secondary N) is 2. The number of carbonyl (C=O) groups excluding carboxylic acids is 1. The number of carbonyl (C=O) groups is 1. The molecule has 160 valence electrons. The Kier molecular flexibility index (Phi) is 11.5. The van der Waals surface area contributed by atoms with Crippen molar-refractivity contribution in [1.29, 1.82) is 0 Å². The SMILES string of the molecule is CC.COCCOc1nc(NC=O)c(N)c(NCc2cccc(CP(O)O)c2)n1. The second-order valence-corrected chi connectivity index (χ2v) is 6.49. The topological polar surface area (TPSA) is 152 Å². The van der Waals surface area contributed by atoms with Crippen LogP contribution in [0, 0.1) is 0 Å². The average Bonchev–Trinajstić information content (AvgIpc) is 2.71. The zero-order valence-electron chi connectivity index (χ0n) is 16.8. The van der Waals surface area contributed by atoms with Crippen LogP contribution in [-0.2, 0) is 22.2 Å². The van der Waals surface area contributed by atoms with Crippen LogP contribution < -0.4 is 21.1 Å². The van der Waals surface area contributed by atoms with E-state index in [0.717, 1.165) is 11.1 Å². The van der Waals surface area contributed by atoms with E-state index in [2.05, 4.69) is 20.6 Å². The number of anilines is 3. The molecule has 0 aliphatic rings. The van der Waals surface area contributed by atoms with E-state index in [1.54, 1.807) is 7.11 Å². The number of ether oxygens (including phenoxy) is 2. The van der Waals surface area contributed by atoms with Gasteiger partial charge in [0.15, 0.2) is 20.0 Å².